The maximum atomic E-state index is 11.0. The normalized spacial score (nSPS) is 25.7. The van der Waals surface area contributed by atoms with Gasteiger partial charge in [-0.1, -0.05) is 12.1 Å². The number of nitrogens with zero attached hydrogens (tertiary/aromatic N) is 4. The van der Waals surface area contributed by atoms with Gasteiger partial charge in [-0.05, 0) is 59.5 Å². The molecule has 8 nitrogen and oxygen atoms in total. The van der Waals surface area contributed by atoms with Gasteiger partial charge in [-0.25, -0.2) is 15.0 Å². The van der Waals surface area contributed by atoms with Gasteiger partial charge >= 0.3 is 0 Å². The van der Waals surface area contributed by atoms with Gasteiger partial charge in [0.2, 0.25) is 0 Å². The predicted molar refractivity (Wildman–Crippen MR) is 131 cm³/mol. The first kappa shape index (κ1) is 21.4. The first-order valence-electron chi connectivity index (χ1n) is 10.2. The summed E-state index contributed by atoms with van der Waals surface area (Å²) in [7, 11) is 0. The van der Waals surface area contributed by atoms with E-state index in [1.165, 1.54) is 6.33 Å². The number of halogens is 1. The Morgan fingerprint density at radius 2 is 1.97 bits per heavy atom. The monoisotopic (exact) mass is 514 g/mol. The molecule has 10 heteroatoms. The summed E-state index contributed by atoms with van der Waals surface area (Å²) in [5.74, 6) is 0.852. The number of aromatic nitrogens is 4. The van der Waals surface area contributed by atoms with Crippen LogP contribution in [0.3, 0.4) is 0 Å². The van der Waals surface area contributed by atoms with E-state index in [4.69, 9.17) is 11.5 Å². The number of aryl methyl sites for hydroxylation is 1. The molecule has 3 aromatic heterocycles. The van der Waals surface area contributed by atoms with Gasteiger partial charge in [-0.3, -0.25) is 0 Å². The van der Waals surface area contributed by atoms with Crippen LogP contribution in [0.25, 0.3) is 21.9 Å². The van der Waals surface area contributed by atoms with Crippen molar-refractivity contribution in [3.8, 4) is 0 Å². The Balaban J connectivity index is 1.38. The molecule has 4 atom stereocenters. The molecule has 0 spiro atoms. The first-order chi connectivity index (χ1) is 15.3. The number of fused-ring (bicyclic) bond motifs is 2. The highest BCUT2D eigenvalue weighted by Gasteiger charge is 2.51. The lowest BCUT2D eigenvalue weighted by molar-refractivity contribution is 0.000372. The molecule has 0 amide bonds. The first-order valence-corrected chi connectivity index (χ1v) is 11.9. The zero-order chi connectivity index (χ0) is 22.6. The number of anilines is 2. The molecule has 166 valence electrons. The Morgan fingerprint density at radius 1 is 1.16 bits per heavy atom. The van der Waals surface area contributed by atoms with E-state index >= 15 is 0 Å². The maximum absolute atomic E-state index is 11.0. The summed E-state index contributed by atoms with van der Waals surface area (Å²) in [4.78, 5) is 12.8. The third-order valence-electron chi connectivity index (χ3n) is 6.22. The molecular formula is C22H23BrN6O2S. The average molecular weight is 515 g/mol. The lowest BCUT2D eigenvalue weighted by Crippen LogP contribution is -2.39. The molecule has 4 aromatic rings. The quantitative estimate of drug-likeness (QED) is 0.325. The molecular weight excluding hydrogens is 492 g/mol. The van der Waals surface area contributed by atoms with Gasteiger partial charge in [0, 0.05) is 16.3 Å². The Labute approximate surface area is 197 Å². The number of hydrogen-bond acceptors (Lipinski definition) is 8. The van der Waals surface area contributed by atoms with E-state index in [1.54, 1.807) is 11.8 Å². The highest BCUT2D eigenvalue weighted by atomic mass is 79.9. The van der Waals surface area contributed by atoms with Gasteiger partial charge < -0.3 is 26.2 Å². The molecule has 1 saturated heterocycles. The molecule has 0 bridgehead atoms. The summed E-state index contributed by atoms with van der Waals surface area (Å²) < 4.78 is 2.11. The molecule has 6 N–H and O–H groups in total. The summed E-state index contributed by atoms with van der Waals surface area (Å²) in [6, 6.07) is 9.91. The Kier molecular flexibility index (Phi) is 5.28. The standard InChI is InChI=1S/C22H23BrN6O2S/c1-22(6-4-11-2-3-12-9-14(23)19(25)28-15(12)8-11)17(31)16(30)21(32-22)29-7-5-13-18(24)26-10-27-20(13)29/h2-3,5,7-10,16-17,21,30-31H,4,6H2,1H3,(H2,25,28)(H2,24,26,27). The fourth-order valence-corrected chi connectivity index (χ4v) is 6.26. The SMILES string of the molecule is CC1(CCc2ccc3cc(Br)c(N)nc3c2)SC(n2ccc3c(N)ncnc32)C(O)C1O. The molecule has 1 aromatic carbocycles. The minimum absolute atomic E-state index is 0.378. The van der Waals surface area contributed by atoms with E-state index in [0.29, 0.717) is 23.7 Å². The maximum Gasteiger partial charge on any atom is 0.146 e. The summed E-state index contributed by atoms with van der Waals surface area (Å²) in [6.45, 7) is 2.00. The van der Waals surface area contributed by atoms with E-state index < -0.39 is 17.0 Å². The van der Waals surface area contributed by atoms with E-state index in [1.807, 2.05) is 42.0 Å². The van der Waals surface area contributed by atoms with Gasteiger partial charge in [0.25, 0.3) is 0 Å². The molecule has 0 saturated carbocycles. The molecule has 32 heavy (non-hydrogen) atoms. The van der Waals surface area contributed by atoms with Gasteiger partial charge in [0.05, 0.1) is 21.5 Å². The van der Waals surface area contributed by atoms with E-state index in [-0.39, 0.29) is 5.37 Å². The molecule has 1 aliphatic rings. The van der Waals surface area contributed by atoms with Crippen molar-refractivity contribution < 1.29 is 10.2 Å². The highest BCUT2D eigenvalue weighted by molar-refractivity contribution is 9.10. The molecule has 5 rings (SSSR count). The molecule has 0 radical (unpaired) electrons. The van der Waals surface area contributed by atoms with Crippen LogP contribution in [0, 0.1) is 0 Å². The molecule has 4 heterocycles. The Hall–Kier alpha value is -2.40. The largest absolute Gasteiger partial charge is 0.389 e. The number of nitrogens with two attached hydrogens (primary N) is 2. The zero-order valence-electron chi connectivity index (χ0n) is 17.3. The van der Waals surface area contributed by atoms with Gasteiger partial charge in [0.15, 0.2) is 0 Å². The number of rotatable bonds is 4. The van der Waals surface area contributed by atoms with Crippen LogP contribution in [0.1, 0.15) is 24.3 Å². The number of hydrogen-bond donors (Lipinski definition) is 4. The van der Waals surface area contributed by atoms with Crippen molar-refractivity contribution in [2.75, 3.05) is 11.5 Å². The van der Waals surface area contributed by atoms with Crippen LogP contribution in [0.2, 0.25) is 0 Å². The van der Waals surface area contributed by atoms with Crippen LogP contribution in [0.5, 0.6) is 0 Å². The van der Waals surface area contributed by atoms with E-state index in [9.17, 15) is 10.2 Å². The third-order valence-corrected chi connectivity index (χ3v) is 8.58. The van der Waals surface area contributed by atoms with Crippen molar-refractivity contribution in [2.45, 2.75) is 42.1 Å². The number of benzene rings is 1. The van der Waals surface area contributed by atoms with Crippen molar-refractivity contribution in [2.24, 2.45) is 0 Å². The minimum Gasteiger partial charge on any atom is -0.389 e. The highest BCUT2D eigenvalue weighted by Crippen LogP contribution is 2.52. The van der Waals surface area contributed by atoms with Crippen molar-refractivity contribution in [3.05, 3.63) is 52.9 Å². The summed E-state index contributed by atoms with van der Waals surface area (Å²) in [6.07, 6.45) is 2.84. The average Bonchev–Trinajstić information content (AvgIpc) is 3.29. The fourth-order valence-electron chi connectivity index (χ4n) is 4.31. The van der Waals surface area contributed by atoms with E-state index in [0.717, 1.165) is 32.7 Å². The zero-order valence-corrected chi connectivity index (χ0v) is 19.7. The predicted octanol–water partition coefficient (Wildman–Crippen LogP) is 3.27. The van der Waals surface area contributed by atoms with Crippen LogP contribution in [-0.4, -0.2) is 46.7 Å². The van der Waals surface area contributed by atoms with Crippen LogP contribution in [0.4, 0.5) is 11.6 Å². The fraction of sp³-hybridized carbons (Fsp3) is 0.318. The van der Waals surface area contributed by atoms with Crippen LogP contribution < -0.4 is 11.5 Å². The van der Waals surface area contributed by atoms with Crippen molar-refractivity contribution in [1.82, 2.24) is 19.5 Å². The summed E-state index contributed by atoms with van der Waals surface area (Å²) in [5, 5.41) is 23.2. The minimum atomic E-state index is -0.938. The topological polar surface area (TPSA) is 136 Å². The number of nitrogen functional groups attached to an aromatic ring is 2. The lowest BCUT2D eigenvalue weighted by Gasteiger charge is -2.27. The third kappa shape index (κ3) is 3.51. The Morgan fingerprint density at radius 3 is 2.78 bits per heavy atom. The van der Waals surface area contributed by atoms with Gasteiger partial charge in [0.1, 0.15) is 35.1 Å². The van der Waals surface area contributed by atoms with E-state index in [2.05, 4.69) is 36.9 Å². The number of aliphatic hydroxyl groups excluding tert-OH is 2. The molecule has 1 aliphatic heterocycles. The van der Waals surface area contributed by atoms with Crippen LogP contribution in [-0.2, 0) is 6.42 Å². The molecule has 1 fully saturated rings. The second-order valence-electron chi connectivity index (χ2n) is 8.36. The summed E-state index contributed by atoms with van der Waals surface area (Å²) in [5.41, 5.74) is 14.5. The molecule has 4 unspecified atom stereocenters. The van der Waals surface area contributed by atoms with Crippen LogP contribution in [0.15, 0.2) is 47.3 Å². The van der Waals surface area contributed by atoms with Crippen molar-refractivity contribution in [3.63, 3.8) is 0 Å². The Bertz CT molecular complexity index is 1330. The lowest BCUT2D eigenvalue weighted by atomic mass is 9.92. The number of pyridine rings is 1. The molecule has 0 aliphatic carbocycles. The van der Waals surface area contributed by atoms with Crippen molar-refractivity contribution >= 4 is 61.3 Å². The van der Waals surface area contributed by atoms with Gasteiger partial charge in [-0.15, -0.1) is 11.8 Å². The number of aliphatic hydroxyl groups is 2. The smallest absolute Gasteiger partial charge is 0.146 e. The second-order valence-corrected chi connectivity index (χ2v) is 10.9. The van der Waals surface area contributed by atoms with Gasteiger partial charge in [-0.2, -0.15) is 0 Å². The number of thioether (sulfide) groups is 1. The summed E-state index contributed by atoms with van der Waals surface area (Å²) >= 11 is 4.97. The van der Waals surface area contributed by atoms with Crippen LogP contribution >= 0.6 is 27.7 Å². The van der Waals surface area contributed by atoms with Crippen molar-refractivity contribution in [1.29, 1.82) is 0 Å². The second kappa shape index (κ2) is 7.87.